The fourth-order valence-electron chi connectivity index (χ4n) is 10.3. The lowest BCUT2D eigenvalue weighted by Crippen LogP contribution is -2.61. The van der Waals surface area contributed by atoms with E-state index in [0.717, 1.165) is 0 Å². The summed E-state index contributed by atoms with van der Waals surface area (Å²) < 4.78 is 0. The van der Waals surface area contributed by atoms with Gasteiger partial charge < -0.3 is 109 Å². The van der Waals surface area contributed by atoms with Gasteiger partial charge in [-0.1, -0.05) is 82.3 Å². The molecule has 10 atom stereocenters. The number of carboxylic acid groups (broad SMARTS) is 1. The second-order valence-corrected chi connectivity index (χ2v) is 26.3. The van der Waals surface area contributed by atoms with Crippen LogP contribution in [0.25, 0.3) is 0 Å². The van der Waals surface area contributed by atoms with Crippen LogP contribution in [-0.4, -0.2) is 190 Å². The molecule has 0 aromatic heterocycles. The van der Waals surface area contributed by atoms with Crippen LogP contribution in [-0.2, 0) is 72.0 Å². The number of phenolic OH excluding ortho intramolecular Hbond substituents is 2. The number of carboxylic acids is 1. The molecule has 28 N–H and O–H groups in total. The Hall–Kier alpha value is -10.5. The highest BCUT2D eigenvalue weighted by Crippen LogP contribution is 2.17. The normalized spacial score (nSPS) is 14.0. The Balaban J connectivity index is 2.02. The molecule has 0 radical (unpaired) electrons. The predicted octanol–water partition coefficient (Wildman–Crippen LogP) is -2.83. The van der Waals surface area contributed by atoms with E-state index in [9.17, 15) is 68.1 Å². The lowest BCUT2D eigenvalue weighted by molar-refractivity contribution is -0.142. The average molecular weight is 1450 g/mol. The number of nitrogens with zero attached hydrogens (tertiary/aromatic N) is 3. The molecule has 3 rings (SSSR count). The number of nitrogens with two attached hydrogens (primary N) is 8. The van der Waals surface area contributed by atoms with Crippen molar-refractivity contribution in [1.82, 2.24) is 47.9 Å². The van der Waals surface area contributed by atoms with E-state index in [4.69, 9.17) is 45.9 Å². The first-order chi connectivity index (χ1) is 48.2. The van der Waals surface area contributed by atoms with E-state index in [1.807, 2.05) is 0 Å². The van der Waals surface area contributed by atoms with Gasteiger partial charge in [-0.15, -0.1) is 0 Å². The van der Waals surface area contributed by atoms with Crippen LogP contribution in [0.3, 0.4) is 0 Å². The molecule has 0 aliphatic rings. The van der Waals surface area contributed by atoms with Crippen molar-refractivity contribution in [2.75, 3.05) is 31.6 Å². The Bertz CT molecular complexity index is 3320. The Labute approximate surface area is 597 Å². The topological polar surface area (TPSA) is 602 Å². The van der Waals surface area contributed by atoms with E-state index in [1.165, 1.54) is 48.2 Å². The SMILES string of the molecule is CSCC[C@H](NC(=O)[C@H](CC(C)C)NC(=O)[C@H](Cc1ccc(O)cc1)NC(=O)[C@H](CCC(N)=O)NC(=O)[C@H](CCCN=C(N)N)NC(=O)[C@H](CC(C)C)NC(=O)[C@@H](N)Cc1ccc(O)cc1)C(=O)N[C@@H](CCCN=C(N)N)C(=O)N[C@@H](Cc1ccccc1)C(=O)N[C@@H](CCCN=C(N)N)C(=O)O. The number of phenols is 2. The number of hydrogen-bond donors (Lipinski definition) is 20. The number of amides is 10. The molecule has 0 bridgehead atoms. The van der Waals surface area contributed by atoms with Crippen molar-refractivity contribution in [3.8, 4) is 11.5 Å². The minimum absolute atomic E-state index is 0.00388. The van der Waals surface area contributed by atoms with Crippen LogP contribution in [0.4, 0.5) is 0 Å². The first kappa shape index (κ1) is 85.8. The van der Waals surface area contributed by atoms with Crippen LogP contribution in [0.5, 0.6) is 11.5 Å². The van der Waals surface area contributed by atoms with Gasteiger partial charge in [0.25, 0.3) is 0 Å². The van der Waals surface area contributed by atoms with Gasteiger partial charge in [-0.2, -0.15) is 11.8 Å². The number of hydrogen-bond acceptors (Lipinski definition) is 18. The summed E-state index contributed by atoms with van der Waals surface area (Å²) in [6.07, 6.45) is 0.541. The summed E-state index contributed by atoms with van der Waals surface area (Å²) in [5.74, 6) is -11.1. The second-order valence-electron chi connectivity index (χ2n) is 25.3. The number of aromatic hydroxyl groups is 2. The van der Waals surface area contributed by atoms with Crippen molar-refractivity contribution in [2.24, 2.45) is 72.7 Å². The first-order valence-electron chi connectivity index (χ1n) is 33.5. The van der Waals surface area contributed by atoms with Crippen LogP contribution in [0.1, 0.15) is 115 Å². The summed E-state index contributed by atoms with van der Waals surface area (Å²) in [5, 5.41) is 53.9. The molecule has 10 amide bonds. The Kier molecular flexibility index (Phi) is 38.1. The fraction of sp³-hybridized carbons (Fsp3) is 0.522. The number of aliphatic carboxylic acids is 1. The molecule has 3 aromatic carbocycles. The third-order valence-corrected chi connectivity index (χ3v) is 16.3. The Morgan fingerprint density at radius 1 is 0.392 bits per heavy atom. The number of carbonyl (C=O) groups excluding carboxylic acids is 10. The van der Waals surface area contributed by atoms with Gasteiger partial charge >= 0.3 is 5.97 Å². The molecule has 0 fully saturated rings. The summed E-state index contributed by atoms with van der Waals surface area (Å²) in [5.41, 5.74) is 46.6. The van der Waals surface area contributed by atoms with E-state index >= 15 is 0 Å². The Morgan fingerprint density at radius 3 is 1.06 bits per heavy atom. The van der Waals surface area contributed by atoms with E-state index in [0.29, 0.717) is 16.7 Å². The molecule has 102 heavy (non-hydrogen) atoms. The van der Waals surface area contributed by atoms with Gasteiger partial charge in [0, 0.05) is 38.9 Å². The minimum Gasteiger partial charge on any atom is -0.508 e. The predicted molar refractivity (Wildman–Crippen MR) is 387 cm³/mol. The summed E-state index contributed by atoms with van der Waals surface area (Å²) in [6.45, 7) is 7.19. The summed E-state index contributed by atoms with van der Waals surface area (Å²) in [6, 6.07) is 6.09. The van der Waals surface area contributed by atoms with Gasteiger partial charge in [-0.25, -0.2) is 4.79 Å². The van der Waals surface area contributed by atoms with Crippen molar-refractivity contribution < 1.29 is 68.1 Å². The monoisotopic (exact) mass is 1440 g/mol. The molecule has 0 saturated heterocycles. The number of primary amides is 1. The highest BCUT2D eigenvalue weighted by molar-refractivity contribution is 7.98. The van der Waals surface area contributed by atoms with Crippen molar-refractivity contribution >= 4 is 94.7 Å². The second kappa shape index (κ2) is 45.3. The number of rotatable bonds is 47. The van der Waals surface area contributed by atoms with E-state index in [-0.39, 0.29) is 144 Å². The molecule has 0 aliphatic heterocycles. The standard InChI is InChI=1S/C67H104N20O14S/c1-37(2)32-50(84-55(91)44(68)34-40-17-21-42(88)22-18-40)60(96)80-45(14-9-28-76-65(70)71)56(92)81-47(25-26-54(69)90)58(94)87-53(36-41-19-23-43(89)24-20-41)63(99)85-51(33-38(3)4)61(97)82-48(27-31-102-5)59(95)79-46(15-10-29-77-66(72)73)57(93)86-52(35-39-12-7-6-8-13-39)62(98)83-49(64(100)101)16-11-30-78-67(74)75/h6-8,12-13,17-24,37-38,44-53,88-89H,9-11,14-16,25-36,68H2,1-5H3,(H2,69,90)(H,79,95)(H,80,96)(H,81,92)(H,82,97)(H,83,98)(H,84,91)(H,85,99)(H,86,93)(H,87,94)(H,100,101)(H4,70,71,76)(H4,72,73,77)(H4,74,75,78)/t44-,45-,46-,47-,48-,49-,50-,51-,52-,53-/m0/s1. The number of benzene rings is 3. The lowest BCUT2D eigenvalue weighted by atomic mass is 9.99. The van der Waals surface area contributed by atoms with Gasteiger partial charge in [0.15, 0.2) is 17.9 Å². The lowest BCUT2D eigenvalue weighted by Gasteiger charge is -2.29. The molecule has 0 heterocycles. The molecule has 35 heteroatoms. The average Bonchev–Trinajstić information content (AvgIpc) is 0.854. The largest absolute Gasteiger partial charge is 0.508 e. The Morgan fingerprint density at radius 2 is 0.696 bits per heavy atom. The van der Waals surface area contributed by atoms with Crippen molar-refractivity contribution in [3.63, 3.8) is 0 Å². The molecule has 34 nitrogen and oxygen atoms in total. The number of carbonyl (C=O) groups is 11. The third-order valence-electron chi connectivity index (χ3n) is 15.6. The van der Waals surface area contributed by atoms with Crippen LogP contribution in [0.2, 0.25) is 0 Å². The van der Waals surface area contributed by atoms with E-state index < -0.39 is 138 Å². The summed E-state index contributed by atoms with van der Waals surface area (Å²) in [7, 11) is 0. The molecule has 562 valence electrons. The number of guanidine groups is 3. The van der Waals surface area contributed by atoms with Crippen LogP contribution < -0.4 is 93.7 Å². The molecule has 3 aromatic rings. The molecule has 0 aliphatic carbocycles. The van der Waals surface area contributed by atoms with Crippen molar-refractivity contribution in [3.05, 3.63) is 95.6 Å². The molecule has 0 saturated carbocycles. The van der Waals surface area contributed by atoms with Gasteiger partial charge in [0.1, 0.15) is 65.9 Å². The maximum atomic E-state index is 14.9. The highest BCUT2D eigenvalue weighted by Gasteiger charge is 2.37. The van der Waals surface area contributed by atoms with Crippen LogP contribution in [0, 0.1) is 11.8 Å². The molecule has 0 unspecified atom stereocenters. The summed E-state index contributed by atoms with van der Waals surface area (Å²) >= 11 is 1.33. The third kappa shape index (κ3) is 34.1. The zero-order valence-electron chi connectivity index (χ0n) is 58.4. The van der Waals surface area contributed by atoms with Crippen molar-refractivity contribution in [2.45, 2.75) is 178 Å². The minimum atomic E-state index is -1.64. The number of aliphatic imine (C=N–C) groups is 3. The smallest absolute Gasteiger partial charge is 0.326 e. The van der Waals surface area contributed by atoms with Crippen molar-refractivity contribution in [1.29, 1.82) is 0 Å². The number of nitrogens with one attached hydrogen (secondary N) is 9. The van der Waals surface area contributed by atoms with Gasteiger partial charge in [0.05, 0.1) is 6.04 Å². The zero-order chi connectivity index (χ0) is 76.0. The zero-order valence-corrected chi connectivity index (χ0v) is 59.2. The molecule has 0 spiro atoms. The van der Waals surface area contributed by atoms with Gasteiger partial charge in [0.2, 0.25) is 59.1 Å². The maximum absolute atomic E-state index is 14.9. The first-order valence-corrected chi connectivity index (χ1v) is 34.9. The summed E-state index contributed by atoms with van der Waals surface area (Å²) in [4.78, 5) is 166. The van der Waals surface area contributed by atoms with Gasteiger partial charge in [-0.3, -0.25) is 62.9 Å². The molecular weight excluding hydrogens is 1340 g/mol. The highest BCUT2D eigenvalue weighted by atomic mass is 32.2. The fourth-order valence-corrected chi connectivity index (χ4v) is 10.8. The van der Waals surface area contributed by atoms with E-state index in [1.54, 1.807) is 76.4 Å². The maximum Gasteiger partial charge on any atom is 0.326 e. The van der Waals surface area contributed by atoms with Gasteiger partial charge in [-0.05, 0) is 135 Å². The number of thioether (sulfide) groups is 1. The van der Waals surface area contributed by atoms with E-state index in [2.05, 4.69) is 62.8 Å². The van der Waals surface area contributed by atoms with Crippen LogP contribution in [0.15, 0.2) is 93.8 Å². The van der Waals surface area contributed by atoms with Crippen LogP contribution >= 0.6 is 11.8 Å². The quantitative estimate of drug-likeness (QED) is 0.0154. The molecular formula is C67H104N20O14S.